The van der Waals surface area contributed by atoms with Gasteiger partial charge < -0.3 is 10.4 Å². The van der Waals surface area contributed by atoms with E-state index in [9.17, 15) is 22.8 Å². The molecular weight excluding hydrogens is 253 g/mol. The Kier molecular flexibility index (Phi) is 4.44. The lowest BCUT2D eigenvalue weighted by molar-refractivity contribution is -0.148. The molecule has 0 aromatic heterocycles. The summed E-state index contributed by atoms with van der Waals surface area (Å²) in [6.07, 6.45) is -5.15. The van der Waals surface area contributed by atoms with Crippen molar-refractivity contribution in [3.8, 4) is 0 Å². The molecule has 0 aromatic carbocycles. The van der Waals surface area contributed by atoms with Crippen LogP contribution in [0.3, 0.4) is 0 Å². The first-order valence-electron chi connectivity index (χ1n) is 5.33. The number of rotatable bonds is 5. The zero-order valence-electron chi connectivity index (χ0n) is 9.46. The van der Waals surface area contributed by atoms with Crippen LogP contribution in [0.25, 0.3) is 0 Å². The number of nitrogens with one attached hydrogen (secondary N) is 1. The third-order valence-corrected chi connectivity index (χ3v) is 2.75. The Bertz CT molecular complexity index is 368. The molecule has 0 aliphatic carbocycles. The maximum Gasteiger partial charge on any atom is 0.390 e. The maximum absolute atomic E-state index is 12.0. The summed E-state index contributed by atoms with van der Waals surface area (Å²) in [4.78, 5) is 25.6. The van der Waals surface area contributed by atoms with Gasteiger partial charge in [-0.2, -0.15) is 13.2 Å². The number of carbonyl (C=O) groups excluding carboxylic acids is 1. The largest absolute Gasteiger partial charge is 0.480 e. The van der Waals surface area contributed by atoms with E-state index in [1.54, 1.807) is 0 Å². The van der Waals surface area contributed by atoms with Crippen LogP contribution in [0.15, 0.2) is 4.99 Å². The van der Waals surface area contributed by atoms with Crippen molar-refractivity contribution >= 4 is 18.0 Å². The summed E-state index contributed by atoms with van der Waals surface area (Å²) >= 11 is 0. The van der Waals surface area contributed by atoms with Gasteiger partial charge in [0, 0.05) is 19.5 Å². The standard InChI is InChI=1S/C10H13F3N2O3/c11-10(12,13)2-4-15-9(8(17)18)1-3-14-7(5-9)6-16/h6,15H,1-5H2,(H,17,18). The molecule has 2 N–H and O–H groups in total. The zero-order valence-corrected chi connectivity index (χ0v) is 9.46. The van der Waals surface area contributed by atoms with Crippen molar-refractivity contribution < 1.29 is 27.9 Å². The fourth-order valence-electron chi connectivity index (χ4n) is 1.78. The second kappa shape index (κ2) is 5.47. The van der Waals surface area contributed by atoms with Crippen LogP contribution in [-0.4, -0.2) is 47.9 Å². The molecule has 5 nitrogen and oxygen atoms in total. The second-order valence-electron chi connectivity index (χ2n) is 4.10. The highest BCUT2D eigenvalue weighted by Gasteiger charge is 2.41. The highest BCUT2D eigenvalue weighted by molar-refractivity contribution is 6.29. The molecule has 1 rings (SSSR count). The molecular formula is C10H13F3N2O3. The van der Waals surface area contributed by atoms with Crippen molar-refractivity contribution in [3.05, 3.63) is 0 Å². The average molecular weight is 266 g/mol. The number of halogens is 3. The van der Waals surface area contributed by atoms with E-state index in [4.69, 9.17) is 5.11 Å². The lowest BCUT2D eigenvalue weighted by Crippen LogP contribution is -2.56. The zero-order chi connectivity index (χ0) is 13.8. The van der Waals surface area contributed by atoms with Gasteiger partial charge in [0.05, 0.1) is 12.1 Å². The summed E-state index contributed by atoms with van der Waals surface area (Å²) in [5, 5.41) is 11.5. The minimum atomic E-state index is -4.34. The summed E-state index contributed by atoms with van der Waals surface area (Å²) in [5.74, 6) is -1.26. The van der Waals surface area contributed by atoms with Crippen molar-refractivity contribution in [2.24, 2.45) is 4.99 Å². The molecule has 0 amide bonds. The monoisotopic (exact) mass is 266 g/mol. The number of hydrogen-bond acceptors (Lipinski definition) is 4. The number of carboxylic acid groups (broad SMARTS) is 1. The van der Waals surface area contributed by atoms with Crippen molar-refractivity contribution in [1.29, 1.82) is 0 Å². The van der Waals surface area contributed by atoms with Crippen LogP contribution in [-0.2, 0) is 9.59 Å². The van der Waals surface area contributed by atoms with Crippen LogP contribution in [0.2, 0.25) is 0 Å². The lowest BCUT2D eigenvalue weighted by Gasteiger charge is -2.32. The molecule has 0 fully saturated rings. The fraction of sp³-hybridized carbons (Fsp3) is 0.700. The van der Waals surface area contributed by atoms with Crippen LogP contribution in [0.1, 0.15) is 19.3 Å². The topological polar surface area (TPSA) is 78.8 Å². The van der Waals surface area contributed by atoms with E-state index < -0.39 is 30.7 Å². The number of nitrogens with zero attached hydrogens (tertiary/aromatic N) is 1. The highest BCUT2D eigenvalue weighted by Crippen LogP contribution is 2.23. The summed E-state index contributed by atoms with van der Waals surface area (Å²) in [6, 6.07) is 0. The van der Waals surface area contributed by atoms with Gasteiger partial charge in [-0.1, -0.05) is 0 Å². The van der Waals surface area contributed by atoms with E-state index in [1.165, 1.54) is 0 Å². The lowest BCUT2D eigenvalue weighted by atomic mass is 9.86. The van der Waals surface area contributed by atoms with Crippen molar-refractivity contribution in [1.82, 2.24) is 5.32 Å². The molecule has 0 aromatic rings. The fourth-order valence-corrected chi connectivity index (χ4v) is 1.78. The van der Waals surface area contributed by atoms with Gasteiger partial charge >= 0.3 is 12.1 Å². The van der Waals surface area contributed by atoms with E-state index in [1.807, 2.05) is 0 Å². The summed E-state index contributed by atoms with van der Waals surface area (Å²) in [6.45, 7) is -0.388. The molecule has 0 spiro atoms. The normalized spacial score (nSPS) is 24.5. The highest BCUT2D eigenvalue weighted by atomic mass is 19.4. The number of alkyl halides is 3. The Hall–Kier alpha value is -1.44. The SMILES string of the molecule is O=CC1=NCCC(NCCC(F)(F)F)(C(=O)O)C1. The molecule has 1 aliphatic heterocycles. The predicted molar refractivity (Wildman–Crippen MR) is 56.6 cm³/mol. The maximum atomic E-state index is 12.0. The number of aliphatic imine (C=N–C) groups is 1. The van der Waals surface area contributed by atoms with E-state index >= 15 is 0 Å². The molecule has 1 aliphatic rings. The van der Waals surface area contributed by atoms with Gasteiger partial charge in [0.15, 0.2) is 6.29 Å². The Balaban J connectivity index is 2.68. The predicted octanol–water partition coefficient (Wildman–Crippen LogP) is 0.786. The molecule has 1 unspecified atom stereocenters. The second-order valence-corrected chi connectivity index (χ2v) is 4.10. The van der Waals surface area contributed by atoms with Crippen molar-refractivity contribution in [2.45, 2.75) is 31.0 Å². The molecule has 1 atom stereocenters. The van der Waals surface area contributed by atoms with Gasteiger partial charge in [0.25, 0.3) is 0 Å². The summed E-state index contributed by atoms with van der Waals surface area (Å²) in [5.41, 5.74) is -1.47. The van der Waals surface area contributed by atoms with Gasteiger partial charge in [-0.05, 0) is 6.42 Å². The van der Waals surface area contributed by atoms with Gasteiger partial charge in [-0.25, -0.2) is 0 Å². The first-order valence-corrected chi connectivity index (χ1v) is 5.33. The van der Waals surface area contributed by atoms with Gasteiger partial charge in [0.1, 0.15) is 5.54 Å². The molecule has 0 saturated heterocycles. The van der Waals surface area contributed by atoms with E-state index in [2.05, 4.69) is 10.3 Å². The molecule has 0 bridgehead atoms. The number of aldehydes is 1. The minimum absolute atomic E-state index is 0.0585. The Morgan fingerprint density at radius 2 is 2.22 bits per heavy atom. The van der Waals surface area contributed by atoms with Crippen LogP contribution < -0.4 is 5.32 Å². The Morgan fingerprint density at radius 3 is 2.72 bits per heavy atom. The van der Waals surface area contributed by atoms with Crippen molar-refractivity contribution in [3.63, 3.8) is 0 Å². The quantitative estimate of drug-likeness (QED) is 0.721. The van der Waals surface area contributed by atoms with Gasteiger partial charge in [-0.15, -0.1) is 0 Å². The van der Waals surface area contributed by atoms with Gasteiger partial charge in [-0.3, -0.25) is 14.6 Å². The first kappa shape index (κ1) is 14.6. The number of hydrogen-bond donors (Lipinski definition) is 2. The van der Waals surface area contributed by atoms with Crippen molar-refractivity contribution in [2.75, 3.05) is 13.1 Å². The molecule has 102 valence electrons. The number of aliphatic carboxylic acids is 1. The average Bonchev–Trinajstić information content (AvgIpc) is 2.27. The van der Waals surface area contributed by atoms with Crippen LogP contribution in [0.4, 0.5) is 13.2 Å². The summed E-state index contributed by atoms with van der Waals surface area (Å²) in [7, 11) is 0. The van der Waals surface area contributed by atoms with Crippen LogP contribution >= 0.6 is 0 Å². The number of carbonyl (C=O) groups is 2. The van der Waals surface area contributed by atoms with Crippen LogP contribution in [0, 0.1) is 0 Å². The third-order valence-electron chi connectivity index (χ3n) is 2.75. The van der Waals surface area contributed by atoms with E-state index in [0.717, 1.165) is 0 Å². The molecule has 18 heavy (non-hydrogen) atoms. The molecule has 0 saturated carbocycles. The van der Waals surface area contributed by atoms with Gasteiger partial charge in [0.2, 0.25) is 0 Å². The number of carboxylic acids is 1. The Morgan fingerprint density at radius 1 is 1.56 bits per heavy atom. The molecule has 8 heteroatoms. The minimum Gasteiger partial charge on any atom is -0.480 e. The Labute approximate surface area is 101 Å². The van der Waals surface area contributed by atoms with Crippen LogP contribution in [0.5, 0.6) is 0 Å². The smallest absolute Gasteiger partial charge is 0.390 e. The third kappa shape index (κ3) is 3.80. The molecule has 0 radical (unpaired) electrons. The van der Waals surface area contributed by atoms with E-state index in [-0.39, 0.29) is 25.1 Å². The summed E-state index contributed by atoms with van der Waals surface area (Å²) < 4.78 is 36.0. The molecule has 1 heterocycles. The first-order chi connectivity index (χ1) is 8.29. The van der Waals surface area contributed by atoms with E-state index in [0.29, 0.717) is 6.29 Å².